The standard InChI is InChI=1S/C18H16O6/c1-21-12-4-5-13(15(20)9-12)14(19)6-3-11-7-16(22-2)18-17(8-11)23-10-24-18/h3-9,20H,10H2,1-2H3. The number of hydrogen-bond donors (Lipinski definition) is 1. The molecule has 0 radical (unpaired) electrons. The van der Waals surface area contributed by atoms with E-state index in [9.17, 15) is 9.90 Å². The van der Waals surface area contributed by atoms with Crippen molar-refractivity contribution in [3.63, 3.8) is 0 Å². The van der Waals surface area contributed by atoms with Crippen molar-refractivity contribution in [1.82, 2.24) is 0 Å². The maximum absolute atomic E-state index is 12.3. The van der Waals surface area contributed by atoms with Crippen LogP contribution in [0.5, 0.6) is 28.7 Å². The average molecular weight is 328 g/mol. The van der Waals surface area contributed by atoms with E-state index in [-0.39, 0.29) is 23.9 Å². The molecule has 0 fully saturated rings. The largest absolute Gasteiger partial charge is 0.507 e. The molecule has 0 aromatic heterocycles. The van der Waals surface area contributed by atoms with E-state index < -0.39 is 0 Å². The van der Waals surface area contributed by atoms with Gasteiger partial charge in [0.15, 0.2) is 17.3 Å². The number of methoxy groups -OCH3 is 2. The van der Waals surface area contributed by atoms with Gasteiger partial charge in [-0.1, -0.05) is 6.08 Å². The summed E-state index contributed by atoms with van der Waals surface area (Å²) in [6.45, 7) is 0.136. The fourth-order valence-electron chi connectivity index (χ4n) is 2.35. The molecule has 0 saturated heterocycles. The minimum absolute atomic E-state index is 0.132. The van der Waals surface area contributed by atoms with Crippen LogP contribution in [0.15, 0.2) is 36.4 Å². The zero-order valence-electron chi connectivity index (χ0n) is 13.2. The lowest BCUT2D eigenvalue weighted by atomic mass is 10.1. The van der Waals surface area contributed by atoms with Crippen molar-refractivity contribution in [3.8, 4) is 28.7 Å². The Bertz CT molecular complexity index is 809. The van der Waals surface area contributed by atoms with Gasteiger partial charge in [0.05, 0.1) is 19.8 Å². The number of hydrogen-bond acceptors (Lipinski definition) is 6. The molecule has 124 valence electrons. The van der Waals surface area contributed by atoms with Crippen molar-refractivity contribution in [2.75, 3.05) is 21.0 Å². The number of phenolic OH excluding ortho intramolecular Hbond substituents is 1. The summed E-state index contributed by atoms with van der Waals surface area (Å²) in [5.74, 6) is 1.67. The zero-order chi connectivity index (χ0) is 17.1. The molecule has 1 N–H and O–H groups in total. The number of phenols is 1. The van der Waals surface area contributed by atoms with Gasteiger partial charge in [-0.3, -0.25) is 4.79 Å². The summed E-state index contributed by atoms with van der Waals surface area (Å²) in [6, 6.07) is 8.02. The highest BCUT2D eigenvalue weighted by molar-refractivity contribution is 6.08. The number of carbonyl (C=O) groups excluding carboxylic acids is 1. The molecular weight excluding hydrogens is 312 g/mol. The van der Waals surface area contributed by atoms with Gasteiger partial charge in [-0.15, -0.1) is 0 Å². The highest BCUT2D eigenvalue weighted by Gasteiger charge is 2.19. The molecule has 0 spiro atoms. The molecular formula is C18H16O6. The third-order valence-electron chi connectivity index (χ3n) is 3.58. The first kappa shape index (κ1) is 15.7. The first-order valence-corrected chi connectivity index (χ1v) is 7.19. The Hall–Kier alpha value is -3.15. The van der Waals surface area contributed by atoms with E-state index >= 15 is 0 Å². The highest BCUT2D eigenvalue weighted by Crippen LogP contribution is 2.42. The number of ether oxygens (including phenoxy) is 4. The van der Waals surface area contributed by atoms with Crippen molar-refractivity contribution in [3.05, 3.63) is 47.5 Å². The molecule has 0 saturated carbocycles. The quantitative estimate of drug-likeness (QED) is 0.672. The Morgan fingerprint density at radius 1 is 1.17 bits per heavy atom. The van der Waals surface area contributed by atoms with E-state index in [1.165, 1.54) is 32.4 Å². The van der Waals surface area contributed by atoms with E-state index in [1.807, 2.05) is 0 Å². The molecule has 6 heteroatoms. The van der Waals surface area contributed by atoms with Gasteiger partial charge in [-0.2, -0.15) is 0 Å². The lowest BCUT2D eigenvalue weighted by Gasteiger charge is -2.06. The van der Waals surface area contributed by atoms with Crippen LogP contribution in [0.4, 0.5) is 0 Å². The molecule has 1 aliphatic rings. The van der Waals surface area contributed by atoms with Crippen LogP contribution in [0.2, 0.25) is 0 Å². The summed E-state index contributed by atoms with van der Waals surface area (Å²) in [5.41, 5.74) is 0.914. The smallest absolute Gasteiger partial charge is 0.231 e. The van der Waals surface area contributed by atoms with Crippen LogP contribution < -0.4 is 18.9 Å². The number of benzene rings is 2. The Labute approximate surface area is 138 Å². The van der Waals surface area contributed by atoms with Crippen molar-refractivity contribution >= 4 is 11.9 Å². The third-order valence-corrected chi connectivity index (χ3v) is 3.58. The lowest BCUT2D eigenvalue weighted by molar-refractivity contribution is 0.104. The second-order valence-electron chi connectivity index (χ2n) is 5.04. The highest BCUT2D eigenvalue weighted by atomic mass is 16.7. The van der Waals surface area contributed by atoms with E-state index in [1.54, 1.807) is 24.3 Å². The molecule has 1 heterocycles. The number of allylic oxidation sites excluding steroid dienone is 1. The molecule has 2 aromatic rings. The third kappa shape index (κ3) is 2.99. The van der Waals surface area contributed by atoms with E-state index in [0.29, 0.717) is 23.0 Å². The van der Waals surface area contributed by atoms with E-state index in [4.69, 9.17) is 18.9 Å². The molecule has 0 amide bonds. The van der Waals surface area contributed by atoms with E-state index in [2.05, 4.69) is 0 Å². The molecule has 0 unspecified atom stereocenters. The Balaban J connectivity index is 1.84. The molecule has 2 aromatic carbocycles. The molecule has 24 heavy (non-hydrogen) atoms. The molecule has 0 atom stereocenters. The molecule has 1 aliphatic heterocycles. The fraction of sp³-hybridized carbons (Fsp3) is 0.167. The molecule has 0 aliphatic carbocycles. The summed E-state index contributed by atoms with van der Waals surface area (Å²) in [4.78, 5) is 12.3. The molecule has 3 rings (SSSR count). The fourth-order valence-corrected chi connectivity index (χ4v) is 2.35. The van der Waals surface area contributed by atoms with E-state index in [0.717, 1.165) is 5.56 Å². The van der Waals surface area contributed by atoms with Gasteiger partial charge in [0.25, 0.3) is 0 Å². The number of fused-ring (bicyclic) bond motifs is 1. The van der Waals surface area contributed by atoms with Gasteiger partial charge >= 0.3 is 0 Å². The zero-order valence-corrected chi connectivity index (χ0v) is 13.2. The second kappa shape index (κ2) is 6.54. The molecule has 6 nitrogen and oxygen atoms in total. The van der Waals surface area contributed by atoms with Crippen molar-refractivity contribution < 1.29 is 28.8 Å². The normalized spacial score (nSPS) is 12.4. The van der Waals surface area contributed by atoms with Crippen LogP contribution >= 0.6 is 0 Å². The Kier molecular flexibility index (Phi) is 4.29. The lowest BCUT2D eigenvalue weighted by Crippen LogP contribution is -1.95. The SMILES string of the molecule is COc1ccc(C(=O)C=Cc2cc(OC)c3c(c2)OCO3)c(O)c1. The first-order valence-electron chi connectivity index (χ1n) is 7.19. The monoisotopic (exact) mass is 328 g/mol. The van der Waals surface area contributed by atoms with Crippen molar-refractivity contribution in [2.24, 2.45) is 0 Å². The first-order chi connectivity index (χ1) is 11.6. The number of ketones is 1. The topological polar surface area (TPSA) is 74.2 Å². The van der Waals surface area contributed by atoms with Crippen LogP contribution in [0.1, 0.15) is 15.9 Å². The van der Waals surface area contributed by atoms with Gasteiger partial charge in [-0.25, -0.2) is 0 Å². The minimum Gasteiger partial charge on any atom is -0.507 e. The predicted octanol–water partition coefficient (Wildman–Crippen LogP) is 3.03. The van der Waals surface area contributed by atoms with Crippen LogP contribution in [-0.4, -0.2) is 31.9 Å². The van der Waals surface area contributed by atoms with Gasteiger partial charge in [0.2, 0.25) is 12.5 Å². The van der Waals surface area contributed by atoms with Crippen LogP contribution in [0.25, 0.3) is 6.08 Å². The maximum atomic E-state index is 12.3. The van der Waals surface area contributed by atoms with Crippen LogP contribution in [-0.2, 0) is 0 Å². The van der Waals surface area contributed by atoms with Gasteiger partial charge in [-0.05, 0) is 35.9 Å². The van der Waals surface area contributed by atoms with Gasteiger partial charge in [0.1, 0.15) is 11.5 Å². The molecule has 0 bridgehead atoms. The summed E-state index contributed by atoms with van der Waals surface area (Å²) in [5, 5.41) is 9.91. The van der Waals surface area contributed by atoms with Crippen LogP contribution in [0, 0.1) is 0 Å². The van der Waals surface area contributed by atoms with Gasteiger partial charge < -0.3 is 24.1 Å². The maximum Gasteiger partial charge on any atom is 0.231 e. The minimum atomic E-state index is -0.327. The summed E-state index contributed by atoms with van der Waals surface area (Å²) >= 11 is 0. The number of aromatic hydroxyl groups is 1. The summed E-state index contributed by atoms with van der Waals surface area (Å²) in [7, 11) is 3.02. The van der Waals surface area contributed by atoms with Crippen molar-refractivity contribution in [2.45, 2.75) is 0 Å². The second-order valence-corrected chi connectivity index (χ2v) is 5.04. The summed E-state index contributed by atoms with van der Waals surface area (Å²) in [6.07, 6.45) is 3.00. The van der Waals surface area contributed by atoms with Crippen LogP contribution in [0.3, 0.4) is 0 Å². The Morgan fingerprint density at radius 3 is 2.71 bits per heavy atom. The summed E-state index contributed by atoms with van der Waals surface area (Å²) < 4.78 is 20.9. The number of rotatable bonds is 5. The predicted molar refractivity (Wildman–Crippen MR) is 87.1 cm³/mol. The average Bonchev–Trinajstić information content (AvgIpc) is 3.07. The van der Waals surface area contributed by atoms with Gasteiger partial charge in [0, 0.05) is 6.07 Å². The van der Waals surface area contributed by atoms with Crippen molar-refractivity contribution in [1.29, 1.82) is 0 Å². The Morgan fingerprint density at radius 2 is 2.00 bits per heavy atom. The number of carbonyl (C=O) groups is 1.